The number of esters is 1. The SMILES string of the molecule is COC(=O)C(C)Cc1ccccc1I. The lowest BCUT2D eigenvalue weighted by Crippen LogP contribution is -2.15. The van der Waals surface area contributed by atoms with Crippen molar-refractivity contribution in [2.75, 3.05) is 7.11 Å². The lowest BCUT2D eigenvalue weighted by Gasteiger charge is -2.09. The van der Waals surface area contributed by atoms with Crippen molar-refractivity contribution in [3.05, 3.63) is 33.4 Å². The smallest absolute Gasteiger partial charge is 0.308 e. The third-order valence-electron chi connectivity index (χ3n) is 2.09. The average molecular weight is 304 g/mol. The molecule has 1 atom stereocenters. The fourth-order valence-corrected chi connectivity index (χ4v) is 1.89. The van der Waals surface area contributed by atoms with Crippen LogP contribution < -0.4 is 0 Å². The van der Waals surface area contributed by atoms with E-state index in [4.69, 9.17) is 0 Å². The zero-order valence-electron chi connectivity index (χ0n) is 8.29. The Morgan fingerprint density at radius 1 is 1.50 bits per heavy atom. The molecular weight excluding hydrogens is 291 g/mol. The van der Waals surface area contributed by atoms with Crippen molar-refractivity contribution in [2.45, 2.75) is 13.3 Å². The van der Waals surface area contributed by atoms with E-state index in [-0.39, 0.29) is 11.9 Å². The zero-order chi connectivity index (χ0) is 10.6. The predicted molar refractivity (Wildman–Crippen MR) is 64.0 cm³/mol. The molecule has 0 radical (unpaired) electrons. The van der Waals surface area contributed by atoms with Crippen LogP contribution in [0.4, 0.5) is 0 Å². The molecule has 76 valence electrons. The summed E-state index contributed by atoms with van der Waals surface area (Å²) in [4.78, 5) is 11.2. The Labute approximate surface area is 97.8 Å². The number of ether oxygens (including phenoxy) is 1. The van der Waals surface area contributed by atoms with Crippen LogP contribution in [0.2, 0.25) is 0 Å². The van der Waals surface area contributed by atoms with E-state index in [1.807, 2.05) is 31.2 Å². The van der Waals surface area contributed by atoms with Gasteiger partial charge >= 0.3 is 5.97 Å². The van der Waals surface area contributed by atoms with Crippen molar-refractivity contribution in [2.24, 2.45) is 5.92 Å². The van der Waals surface area contributed by atoms with E-state index >= 15 is 0 Å². The maximum absolute atomic E-state index is 11.2. The molecule has 0 aliphatic carbocycles. The van der Waals surface area contributed by atoms with Crippen LogP contribution in [0.5, 0.6) is 0 Å². The molecule has 0 amide bonds. The van der Waals surface area contributed by atoms with E-state index in [1.165, 1.54) is 16.2 Å². The van der Waals surface area contributed by atoms with Gasteiger partial charge in [-0.3, -0.25) is 4.79 Å². The van der Waals surface area contributed by atoms with Crippen LogP contribution in [0.3, 0.4) is 0 Å². The summed E-state index contributed by atoms with van der Waals surface area (Å²) >= 11 is 2.28. The molecule has 0 fully saturated rings. The Balaban J connectivity index is 2.69. The van der Waals surface area contributed by atoms with Gasteiger partial charge in [0.05, 0.1) is 13.0 Å². The minimum atomic E-state index is -0.148. The minimum Gasteiger partial charge on any atom is -0.469 e. The first kappa shape index (κ1) is 11.5. The van der Waals surface area contributed by atoms with E-state index in [0.29, 0.717) is 0 Å². The highest BCUT2D eigenvalue weighted by atomic mass is 127. The summed E-state index contributed by atoms with van der Waals surface area (Å²) < 4.78 is 5.88. The molecule has 0 aromatic heterocycles. The molecule has 0 aliphatic heterocycles. The van der Waals surface area contributed by atoms with E-state index in [0.717, 1.165) is 6.42 Å². The summed E-state index contributed by atoms with van der Waals surface area (Å²) in [7, 11) is 1.43. The molecular formula is C11H13IO2. The van der Waals surface area contributed by atoms with Crippen LogP contribution in [-0.4, -0.2) is 13.1 Å². The molecule has 1 rings (SSSR count). The second-order valence-electron chi connectivity index (χ2n) is 3.22. The molecule has 0 spiro atoms. The first-order valence-electron chi connectivity index (χ1n) is 4.46. The molecule has 0 bridgehead atoms. The fraction of sp³-hybridized carbons (Fsp3) is 0.364. The van der Waals surface area contributed by atoms with Crippen LogP contribution in [0.15, 0.2) is 24.3 Å². The molecule has 0 saturated carbocycles. The Bertz CT molecular complexity index is 323. The molecule has 14 heavy (non-hydrogen) atoms. The number of rotatable bonds is 3. The molecule has 1 aromatic carbocycles. The van der Waals surface area contributed by atoms with Gasteiger partial charge in [0.2, 0.25) is 0 Å². The minimum absolute atomic E-state index is 0.0732. The molecule has 2 nitrogen and oxygen atoms in total. The molecule has 0 N–H and O–H groups in total. The van der Waals surface area contributed by atoms with Gasteiger partial charge in [-0.25, -0.2) is 0 Å². The van der Waals surface area contributed by atoms with Crippen molar-refractivity contribution in [3.63, 3.8) is 0 Å². The van der Waals surface area contributed by atoms with Crippen LogP contribution in [0, 0.1) is 9.49 Å². The van der Waals surface area contributed by atoms with Gasteiger partial charge in [0.15, 0.2) is 0 Å². The highest BCUT2D eigenvalue weighted by Gasteiger charge is 2.14. The van der Waals surface area contributed by atoms with E-state index in [2.05, 4.69) is 27.3 Å². The zero-order valence-corrected chi connectivity index (χ0v) is 10.4. The van der Waals surface area contributed by atoms with Gasteiger partial charge < -0.3 is 4.74 Å². The van der Waals surface area contributed by atoms with Gasteiger partial charge in [0.25, 0.3) is 0 Å². The first-order chi connectivity index (χ1) is 6.65. The maximum atomic E-state index is 11.2. The topological polar surface area (TPSA) is 26.3 Å². The molecule has 1 aromatic rings. The van der Waals surface area contributed by atoms with Crippen molar-refractivity contribution in [1.82, 2.24) is 0 Å². The first-order valence-corrected chi connectivity index (χ1v) is 5.54. The number of hydrogen-bond donors (Lipinski definition) is 0. The van der Waals surface area contributed by atoms with Crippen molar-refractivity contribution < 1.29 is 9.53 Å². The van der Waals surface area contributed by atoms with Gasteiger partial charge in [0, 0.05) is 3.57 Å². The number of carbonyl (C=O) groups is 1. The highest BCUT2D eigenvalue weighted by molar-refractivity contribution is 14.1. The summed E-state index contributed by atoms with van der Waals surface area (Å²) in [6.07, 6.45) is 0.742. The van der Waals surface area contributed by atoms with E-state index in [9.17, 15) is 4.79 Å². The molecule has 3 heteroatoms. The van der Waals surface area contributed by atoms with Crippen LogP contribution in [-0.2, 0) is 16.0 Å². The van der Waals surface area contributed by atoms with Gasteiger partial charge in [-0.05, 0) is 40.6 Å². The van der Waals surface area contributed by atoms with Gasteiger partial charge in [-0.1, -0.05) is 25.1 Å². The molecule has 0 heterocycles. The third-order valence-corrected chi connectivity index (χ3v) is 3.14. The Morgan fingerprint density at radius 2 is 2.14 bits per heavy atom. The molecule has 0 saturated heterocycles. The summed E-state index contributed by atoms with van der Waals surface area (Å²) in [6, 6.07) is 8.07. The summed E-state index contributed by atoms with van der Waals surface area (Å²) in [5.74, 6) is -0.222. The van der Waals surface area contributed by atoms with E-state index < -0.39 is 0 Å². The van der Waals surface area contributed by atoms with Gasteiger partial charge in [0.1, 0.15) is 0 Å². The molecule has 0 aliphatic rings. The number of carbonyl (C=O) groups excluding carboxylic acids is 1. The summed E-state index contributed by atoms with van der Waals surface area (Å²) in [5.41, 5.74) is 1.20. The van der Waals surface area contributed by atoms with Crippen molar-refractivity contribution in [1.29, 1.82) is 0 Å². The van der Waals surface area contributed by atoms with Gasteiger partial charge in [-0.2, -0.15) is 0 Å². The van der Waals surface area contributed by atoms with E-state index in [1.54, 1.807) is 0 Å². The number of methoxy groups -OCH3 is 1. The standard InChI is InChI=1S/C11H13IO2/c1-8(11(13)14-2)7-9-5-3-4-6-10(9)12/h3-6,8H,7H2,1-2H3. The monoisotopic (exact) mass is 304 g/mol. The normalized spacial score (nSPS) is 12.2. The Hall–Kier alpha value is -0.580. The van der Waals surface area contributed by atoms with Crippen LogP contribution >= 0.6 is 22.6 Å². The Kier molecular flexibility index (Phi) is 4.38. The average Bonchev–Trinajstić information content (AvgIpc) is 2.20. The highest BCUT2D eigenvalue weighted by Crippen LogP contribution is 2.16. The van der Waals surface area contributed by atoms with Gasteiger partial charge in [-0.15, -0.1) is 0 Å². The number of benzene rings is 1. The maximum Gasteiger partial charge on any atom is 0.308 e. The number of hydrogen-bond acceptors (Lipinski definition) is 2. The quantitative estimate of drug-likeness (QED) is 0.634. The van der Waals surface area contributed by atoms with Crippen LogP contribution in [0.25, 0.3) is 0 Å². The van der Waals surface area contributed by atoms with Crippen molar-refractivity contribution >= 4 is 28.6 Å². The third kappa shape index (κ3) is 2.97. The summed E-state index contributed by atoms with van der Waals surface area (Å²) in [6.45, 7) is 1.88. The number of halogens is 1. The largest absolute Gasteiger partial charge is 0.469 e. The fourth-order valence-electron chi connectivity index (χ4n) is 1.28. The predicted octanol–water partition coefficient (Wildman–Crippen LogP) is 2.64. The lowest BCUT2D eigenvalue weighted by atomic mass is 10.0. The summed E-state index contributed by atoms with van der Waals surface area (Å²) in [5, 5.41) is 0. The Morgan fingerprint density at radius 3 is 2.71 bits per heavy atom. The molecule has 1 unspecified atom stereocenters. The second kappa shape index (κ2) is 5.34. The lowest BCUT2D eigenvalue weighted by molar-refractivity contribution is -0.144. The second-order valence-corrected chi connectivity index (χ2v) is 4.38. The van der Waals surface area contributed by atoms with Crippen LogP contribution in [0.1, 0.15) is 12.5 Å². The van der Waals surface area contributed by atoms with Crippen molar-refractivity contribution in [3.8, 4) is 0 Å².